The summed E-state index contributed by atoms with van der Waals surface area (Å²) < 4.78 is 36.3. The largest absolute Gasteiger partial charge is 0.490 e. The van der Waals surface area contributed by atoms with Crippen molar-refractivity contribution >= 4 is 11.9 Å². The number of carboxylic acids is 1. The normalized spacial score (nSPS) is 11.9. The van der Waals surface area contributed by atoms with Crippen LogP contribution in [0.2, 0.25) is 0 Å². The fourth-order valence-corrected chi connectivity index (χ4v) is 1.29. The van der Waals surface area contributed by atoms with Crippen LogP contribution in [0.15, 0.2) is 30.3 Å². The second-order valence-electron chi connectivity index (χ2n) is 4.03. The molecule has 8 heteroatoms. The minimum atomic E-state index is -5.08. The zero-order valence-electron chi connectivity index (χ0n) is 11.3. The van der Waals surface area contributed by atoms with Gasteiger partial charge in [0.1, 0.15) is 0 Å². The Hall–Kier alpha value is -2.09. The van der Waals surface area contributed by atoms with Crippen LogP contribution < -0.4 is 5.73 Å². The maximum atomic E-state index is 10.9. The SMILES string of the molecule is COC(=O)C[C@H](N)Cc1ccccc1.O=C(O)C(F)(F)F. The number of methoxy groups -OCH3 is 1. The minimum Gasteiger partial charge on any atom is -0.475 e. The number of carbonyl (C=O) groups is 2. The van der Waals surface area contributed by atoms with Gasteiger partial charge in [-0.25, -0.2) is 4.79 Å². The monoisotopic (exact) mass is 307 g/mol. The number of alkyl halides is 3. The second kappa shape index (κ2) is 8.96. The van der Waals surface area contributed by atoms with Gasteiger partial charge in [-0.05, 0) is 12.0 Å². The van der Waals surface area contributed by atoms with Gasteiger partial charge >= 0.3 is 18.1 Å². The van der Waals surface area contributed by atoms with Gasteiger partial charge in [-0.3, -0.25) is 4.79 Å². The highest BCUT2D eigenvalue weighted by atomic mass is 19.4. The van der Waals surface area contributed by atoms with Crippen molar-refractivity contribution in [1.82, 2.24) is 0 Å². The Morgan fingerprint density at radius 3 is 2.14 bits per heavy atom. The summed E-state index contributed by atoms with van der Waals surface area (Å²) in [6, 6.07) is 9.70. The zero-order chi connectivity index (χ0) is 16.5. The summed E-state index contributed by atoms with van der Waals surface area (Å²) >= 11 is 0. The van der Waals surface area contributed by atoms with Gasteiger partial charge in [0.05, 0.1) is 13.5 Å². The number of hydrogen-bond donors (Lipinski definition) is 2. The molecule has 1 rings (SSSR count). The highest BCUT2D eigenvalue weighted by Gasteiger charge is 2.38. The van der Waals surface area contributed by atoms with E-state index in [4.69, 9.17) is 15.6 Å². The number of aliphatic carboxylic acids is 1. The molecule has 0 saturated carbocycles. The molecule has 21 heavy (non-hydrogen) atoms. The topological polar surface area (TPSA) is 89.6 Å². The van der Waals surface area contributed by atoms with E-state index in [1.807, 2.05) is 30.3 Å². The molecular formula is C13H16F3NO4. The first-order valence-electron chi connectivity index (χ1n) is 5.83. The standard InChI is InChI=1S/C11H15NO2.C2HF3O2/c1-14-11(13)8-10(12)7-9-5-3-2-4-6-9;3-2(4,5)1(6)7/h2-6,10H,7-8,12H2,1H3;(H,6,7)/t10-;/m1./s1. The molecular weight excluding hydrogens is 291 g/mol. The van der Waals surface area contributed by atoms with Gasteiger partial charge in [-0.2, -0.15) is 13.2 Å². The molecule has 0 aliphatic rings. The average Bonchev–Trinajstić information content (AvgIpc) is 2.39. The number of benzene rings is 1. The summed E-state index contributed by atoms with van der Waals surface area (Å²) in [5.74, 6) is -3.01. The molecule has 1 atom stereocenters. The molecule has 0 aromatic heterocycles. The fraction of sp³-hybridized carbons (Fsp3) is 0.385. The number of carboxylic acid groups (broad SMARTS) is 1. The molecule has 0 amide bonds. The van der Waals surface area contributed by atoms with Crippen molar-refractivity contribution in [2.24, 2.45) is 5.73 Å². The Morgan fingerprint density at radius 2 is 1.76 bits per heavy atom. The lowest BCUT2D eigenvalue weighted by Crippen LogP contribution is -2.26. The molecule has 0 radical (unpaired) electrons. The third-order valence-corrected chi connectivity index (χ3v) is 2.24. The predicted molar refractivity (Wildman–Crippen MR) is 68.4 cm³/mol. The first-order chi connectivity index (χ1) is 9.66. The van der Waals surface area contributed by atoms with Crippen LogP contribution in [0, 0.1) is 0 Å². The molecule has 0 spiro atoms. The Morgan fingerprint density at radius 1 is 1.29 bits per heavy atom. The fourth-order valence-electron chi connectivity index (χ4n) is 1.29. The predicted octanol–water partition coefficient (Wildman–Crippen LogP) is 1.75. The van der Waals surface area contributed by atoms with Crippen LogP contribution in [0.25, 0.3) is 0 Å². The number of rotatable bonds is 4. The van der Waals surface area contributed by atoms with Crippen LogP contribution in [-0.4, -0.2) is 36.4 Å². The van der Waals surface area contributed by atoms with E-state index in [1.165, 1.54) is 7.11 Å². The number of hydrogen-bond acceptors (Lipinski definition) is 4. The Kier molecular flexibility index (Phi) is 8.07. The smallest absolute Gasteiger partial charge is 0.475 e. The summed E-state index contributed by atoms with van der Waals surface area (Å²) in [7, 11) is 1.37. The molecule has 0 heterocycles. The highest BCUT2D eigenvalue weighted by molar-refractivity contribution is 5.73. The molecule has 0 bridgehead atoms. The number of esters is 1. The summed E-state index contributed by atoms with van der Waals surface area (Å²) in [5.41, 5.74) is 6.92. The Labute approximate surface area is 119 Å². The van der Waals surface area contributed by atoms with Crippen LogP contribution in [0.4, 0.5) is 13.2 Å². The number of carbonyl (C=O) groups excluding carboxylic acids is 1. The summed E-state index contributed by atoms with van der Waals surface area (Å²) in [6.07, 6.45) is -4.11. The third-order valence-electron chi connectivity index (χ3n) is 2.24. The highest BCUT2D eigenvalue weighted by Crippen LogP contribution is 2.13. The minimum absolute atomic E-state index is 0.162. The van der Waals surface area contributed by atoms with Crippen LogP contribution in [-0.2, 0) is 20.7 Å². The van der Waals surface area contributed by atoms with E-state index in [9.17, 15) is 18.0 Å². The molecule has 0 aliphatic carbocycles. The van der Waals surface area contributed by atoms with Crippen LogP contribution >= 0.6 is 0 Å². The van der Waals surface area contributed by atoms with Crippen molar-refractivity contribution in [2.45, 2.75) is 25.1 Å². The summed E-state index contributed by atoms with van der Waals surface area (Å²) in [4.78, 5) is 19.8. The van der Waals surface area contributed by atoms with Gasteiger partial charge in [-0.15, -0.1) is 0 Å². The van der Waals surface area contributed by atoms with E-state index in [0.29, 0.717) is 6.42 Å². The number of ether oxygens (including phenoxy) is 1. The van der Waals surface area contributed by atoms with Gasteiger partial charge < -0.3 is 15.6 Å². The number of halogens is 3. The lowest BCUT2D eigenvalue weighted by Gasteiger charge is -2.09. The van der Waals surface area contributed by atoms with Crippen LogP contribution in [0.1, 0.15) is 12.0 Å². The van der Waals surface area contributed by atoms with Gasteiger partial charge in [0.2, 0.25) is 0 Å². The van der Waals surface area contributed by atoms with E-state index in [-0.39, 0.29) is 18.4 Å². The van der Waals surface area contributed by atoms with Gasteiger partial charge in [0.25, 0.3) is 0 Å². The van der Waals surface area contributed by atoms with E-state index < -0.39 is 12.1 Å². The van der Waals surface area contributed by atoms with E-state index in [2.05, 4.69) is 4.74 Å². The van der Waals surface area contributed by atoms with E-state index in [1.54, 1.807) is 0 Å². The van der Waals surface area contributed by atoms with Gasteiger partial charge in [-0.1, -0.05) is 30.3 Å². The molecule has 0 fully saturated rings. The lowest BCUT2D eigenvalue weighted by atomic mass is 10.0. The van der Waals surface area contributed by atoms with Crippen molar-refractivity contribution in [3.8, 4) is 0 Å². The van der Waals surface area contributed by atoms with E-state index >= 15 is 0 Å². The molecule has 5 nitrogen and oxygen atoms in total. The molecule has 0 aliphatic heterocycles. The summed E-state index contributed by atoms with van der Waals surface area (Å²) in [6.45, 7) is 0. The Bertz CT molecular complexity index is 448. The molecule has 118 valence electrons. The second-order valence-corrected chi connectivity index (χ2v) is 4.03. The molecule has 3 N–H and O–H groups in total. The molecule has 0 unspecified atom stereocenters. The van der Waals surface area contributed by atoms with Crippen molar-refractivity contribution in [3.05, 3.63) is 35.9 Å². The average molecular weight is 307 g/mol. The van der Waals surface area contributed by atoms with Gasteiger partial charge in [0.15, 0.2) is 0 Å². The first kappa shape index (κ1) is 18.9. The molecule has 1 aromatic rings. The van der Waals surface area contributed by atoms with Crippen molar-refractivity contribution < 1.29 is 32.6 Å². The lowest BCUT2D eigenvalue weighted by molar-refractivity contribution is -0.192. The maximum Gasteiger partial charge on any atom is 0.490 e. The van der Waals surface area contributed by atoms with Crippen molar-refractivity contribution in [1.29, 1.82) is 0 Å². The first-order valence-corrected chi connectivity index (χ1v) is 5.83. The molecule has 1 aromatic carbocycles. The quantitative estimate of drug-likeness (QED) is 0.827. The van der Waals surface area contributed by atoms with Crippen LogP contribution in [0.5, 0.6) is 0 Å². The van der Waals surface area contributed by atoms with Crippen molar-refractivity contribution in [2.75, 3.05) is 7.11 Å². The maximum absolute atomic E-state index is 10.9. The summed E-state index contributed by atoms with van der Waals surface area (Å²) in [5, 5.41) is 7.12. The Balaban J connectivity index is 0.000000486. The number of nitrogens with two attached hydrogens (primary N) is 1. The van der Waals surface area contributed by atoms with Crippen molar-refractivity contribution in [3.63, 3.8) is 0 Å². The van der Waals surface area contributed by atoms with E-state index in [0.717, 1.165) is 5.56 Å². The van der Waals surface area contributed by atoms with Gasteiger partial charge in [0, 0.05) is 6.04 Å². The zero-order valence-corrected chi connectivity index (χ0v) is 11.3. The third kappa shape index (κ3) is 9.44. The van der Waals surface area contributed by atoms with Crippen LogP contribution in [0.3, 0.4) is 0 Å². The molecule has 0 saturated heterocycles.